The molecule has 0 aliphatic heterocycles. The van der Waals surface area contributed by atoms with E-state index >= 15 is 0 Å². The summed E-state index contributed by atoms with van der Waals surface area (Å²) in [6.07, 6.45) is 0. The Morgan fingerprint density at radius 2 is 1.80 bits per heavy atom. The van der Waals surface area contributed by atoms with Crippen molar-refractivity contribution in [1.82, 2.24) is 20.2 Å². The van der Waals surface area contributed by atoms with Crippen molar-refractivity contribution < 1.29 is 0 Å². The van der Waals surface area contributed by atoms with Crippen molar-refractivity contribution in [2.75, 3.05) is 5.32 Å². The molecular formula is C18H15N5S2. The molecule has 0 aliphatic carbocycles. The molecule has 0 amide bonds. The summed E-state index contributed by atoms with van der Waals surface area (Å²) in [6, 6.07) is 14.3. The maximum Gasteiger partial charge on any atom is 0.211 e. The molecule has 0 fully saturated rings. The molecule has 0 saturated heterocycles. The van der Waals surface area contributed by atoms with E-state index in [1.165, 1.54) is 16.9 Å². The first-order valence-corrected chi connectivity index (χ1v) is 9.44. The van der Waals surface area contributed by atoms with E-state index in [2.05, 4.69) is 56.7 Å². The minimum absolute atomic E-state index is 0.712. The zero-order chi connectivity index (χ0) is 17.2. The highest BCUT2D eigenvalue weighted by Crippen LogP contribution is 2.31. The number of nitrogens with one attached hydrogen (secondary N) is 1. The predicted octanol–water partition coefficient (Wildman–Crippen LogP) is 5.08. The van der Waals surface area contributed by atoms with Gasteiger partial charge in [0.15, 0.2) is 5.01 Å². The fourth-order valence-corrected chi connectivity index (χ4v) is 3.93. The van der Waals surface area contributed by atoms with Crippen LogP contribution in [0, 0.1) is 13.8 Å². The second-order valence-electron chi connectivity index (χ2n) is 5.57. The second kappa shape index (κ2) is 6.70. The van der Waals surface area contributed by atoms with Crippen LogP contribution >= 0.6 is 22.7 Å². The summed E-state index contributed by atoms with van der Waals surface area (Å²) in [5, 5.41) is 15.4. The Balaban J connectivity index is 1.61. The molecule has 7 heteroatoms. The highest BCUT2D eigenvalue weighted by Gasteiger charge is 2.10. The number of aromatic nitrogens is 4. The van der Waals surface area contributed by atoms with Gasteiger partial charge in [0.1, 0.15) is 11.6 Å². The van der Waals surface area contributed by atoms with Gasteiger partial charge in [-0.15, -0.1) is 21.5 Å². The standard InChI is InChI=1S/C18H15N5S2/c1-11-5-7-13(8-6-11)14-10-16(20-12(2)19-14)21-18-23-22-17(25-18)15-4-3-9-24-15/h3-10H,1-2H3,(H,19,20,21,23). The van der Waals surface area contributed by atoms with Gasteiger partial charge in [0, 0.05) is 11.6 Å². The third-order valence-electron chi connectivity index (χ3n) is 3.58. The maximum atomic E-state index is 4.54. The van der Waals surface area contributed by atoms with Crippen LogP contribution in [0.2, 0.25) is 0 Å². The lowest BCUT2D eigenvalue weighted by atomic mass is 10.1. The van der Waals surface area contributed by atoms with Gasteiger partial charge in [0.05, 0.1) is 10.6 Å². The molecule has 0 atom stereocenters. The van der Waals surface area contributed by atoms with Crippen LogP contribution in [0.5, 0.6) is 0 Å². The van der Waals surface area contributed by atoms with Gasteiger partial charge < -0.3 is 5.32 Å². The van der Waals surface area contributed by atoms with E-state index in [1.54, 1.807) is 11.3 Å². The van der Waals surface area contributed by atoms with Crippen LogP contribution in [-0.2, 0) is 0 Å². The van der Waals surface area contributed by atoms with Crippen molar-refractivity contribution in [2.24, 2.45) is 0 Å². The van der Waals surface area contributed by atoms with Crippen LogP contribution in [0.1, 0.15) is 11.4 Å². The molecule has 0 saturated carbocycles. The van der Waals surface area contributed by atoms with Gasteiger partial charge in [-0.05, 0) is 25.3 Å². The molecule has 0 spiro atoms. The van der Waals surface area contributed by atoms with Crippen molar-refractivity contribution in [1.29, 1.82) is 0 Å². The minimum Gasteiger partial charge on any atom is -0.315 e. The van der Waals surface area contributed by atoms with Crippen LogP contribution < -0.4 is 5.32 Å². The van der Waals surface area contributed by atoms with Gasteiger partial charge in [-0.3, -0.25) is 0 Å². The van der Waals surface area contributed by atoms with Gasteiger partial charge in [-0.25, -0.2) is 9.97 Å². The minimum atomic E-state index is 0.712. The number of hydrogen-bond acceptors (Lipinski definition) is 7. The van der Waals surface area contributed by atoms with Gasteiger partial charge in [0.25, 0.3) is 0 Å². The van der Waals surface area contributed by atoms with Crippen LogP contribution in [0.4, 0.5) is 10.9 Å². The summed E-state index contributed by atoms with van der Waals surface area (Å²) in [5.74, 6) is 1.43. The molecule has 1 N–H and O–H groups in total. The summed E-state index contributed by atoms with van der Waals surface area (Å²) < 4.78 is 0. The summed E-state index contributed by atoms with van der Waals surface area (Å²) in [5.41, 5.74) is 3.18. The first-order valence-electron chi connectivity index (χ1n) is 7.74. The molecule has 3 heterocycles. The van der Waals surface area contributed by atoms with Gasteiger partial charge in [-0.2, -0.15) is 0 Å². The van der Waals surface area contributed by atoms with E-state index in [1.807, 2.05) is 30.5 Å². The Kier molecular flexibility index (Phi) is 4.25. The fourth-order valence-electron chi connectivity index (χ4n) is 2.39. The molecular weight excluding hydrogens is 350 g/mol. The smallest absolute Gasteiger partial charge is 0.211 e. The third-order valence-corrected chi connectivity index (χ3v) is 5.46. The van der Waals surface area contributed by atoms with Crippen molar-refractivity contribution in [3.63, 3.8) is 0 Å². The highest BCUT2D eigenvalue weighted by atomic mass is 32.1. The molecule has 4 aromatic rings. The number of hydrogen-bond donors (Lipinski definition) is 1. The topological polar surface area (TPSA) is 63.6 Å². The summed E-state index contributed by atoms with van der Waals surface area (Å²) in [4.78, 5) is 10.1. The van der Waals surface area contributed by atoms with Crippen LogP contribution in [0.25, 0.3) is 21.1 Å². The summed E-state index contributed by atoms with van der Waals surface area (Å²) in [6.45, 7) is 3.96. The predicted molar refractivity (Wildman–Crippen MR) is 103 cm³/mol. The molecule has 1 aromatic carbocycles. The Labute approximate surface area is 153 Å². The Bertz CT molecular complexity index is 991. The number of nitrogens with zero attached hydrogens (tertiary/aromatic N) is 4. The average Bonchev–Trinajstić information content (AvgIpc) is 3.26. The normalized spacial score (nSPS) is 10.8. The summed E-state index contributed by atoms with van der Waals surface area (Å²) >= 11 is 3.17. The van der Waals surface area contributed by atoms with Gasteiger partial charge in [0.2, 0.25) is 5.13 Å². The Morgan fingerprint density at radius 1 is 0.960 bits per heavy atom. The number of rotatable bonds is 4. The first kappa shape index (κ1) is 15.9. The molecule has 0 bridgehead atoms. The van der Waals surface area contributed by atoms with Gasteiger partial charge >= 0.3 is 0 Å². The number of anilines is 2. The second-order valence-corrected chi connectivity index (χ2v) is 7.49. The zero-order valence-electron chi connectivity index (χ0n) is 13.7. The largest absolute Gasteiger partial charge is 0.315 e. The van der Waals surface area contributed by atoms with E-state index < -0.39 is 0 Å². The molecule has 0 radical (unpaired) electrons. The zero-order valence-corrected chi connectivity index (χ0v) is 15.4. The molecule has 4 rings (SSSR count). The molecule has 25 heavy (non-hydrogen) atoms. The number of aryl methyl sites for hydroxylation is 2. The first-order chi connectivity index (χ1) is 12.2. The lowest BCUT2D eigenvalue weighted by Crippen LogP contribution is -1.98. The summed E-state index contributed by atoms with van der Waals surface area (Å²) in [7, 11) is 0. The number of benzene rings is 1. The van der Waals surface area contributed by atoms with Crippen LogP contribution in [-0.4, -0.2) is 20.2 Å². The molecule has 5 nitrogen and oxygen atoms in total. The highest BCUT2D eigenvalue weighted by molar-refractivity contribution is 7.22. The lowest BCUT2D eigenvalue weighted by Gasteiger charge is -2.07. The molecule has 3 aromatic heterocycles. The maximum absolute atomic E-state index is 4.54. The van der Waals surface area contributed by atoms with E-state index in [9.17, 15) is 0 Å². The SMILES string of the molecule is Cc1ccc(-c2cc(Nc3nnc(-c4cccs4)s3)nc(C)n2)cc1. The Morgan fingerprint density at radius 3 is 2.56 bits per heavy atom. The third kappa shape index (κ3) is 3.57. The van der Waals surface area contributed by atoms with Crippen molar-refractivity contribution in [3.05, 3.63) is 59.2 Å². The van der Waals surface area contributed by atoms with Crippen molar-refractivity contribution in [3.8, 4) is 21.1 Å². The molecule has 0 aliphatic rings. The van der Waals surface area contributed by atoms with Crippen LogP contribution in [0.15, 0.2) is 47.8 Å². The Hall–Kier alpha value is -2.64. The van der Waals surface area contributed by atoms with Crippen LogP contribution in [0.3, 0.4) is 0 Å². The lowest BCUT2D eigenvalue weighted by molar-refractivity contribution is 1.05. The molecule has 124 valence electrons. The van der Waals surface area contributed by atoms with E-state index in [-0.39, 0.29) is 0 Å². The fraction of sp³-hybridized carbons (Fsp3) is 0.111. The molecule has 0 unspecified atom stereocenters. The van der Waals surface area contributed by atoms with E-state index in [4.69, 9.17) is 0 Å². The quantitative estimate of drug-likeness (QED) is 0.546. The van der Waals surface area contributed by atoms with Crippen molar-refractivity contribution in [2.45, 2.75) is 13.8 Å². The van der Waals surface area contributed by atoms with E-state index in [0.717, 1.165) is 32.1 Å². The van der Waals surface area contributed by atoms with E-state index in [0.29, 0.717) is 5.82 Å². The monoisotopic (exact) mass is 365 g/mol. The number of thiophene rings is 1. The van der Waals surface area contributed by atoms with Gasteiger partial charge in [-0.1, -0.05) is 47.2 Å². The average molecular weight is 365 g/mol. The van der Waals surface area contributed by atoms with Crippen molar-refractivity contribution >= 4 is 33.6 Å².